The molecule has 0 unspecified atom stereocenters. The Morgan fingerprint density at radius 2 is 2.04 bits per heavy atom. The maximum Gasteiger partial charge on any atom is 0.290 e. The lowest BCUT2D eigenvalue weighted by atomic mass is 10.0. The van der Waals surface area contributed by atoms with Crippen LogP contribution in [-0.4, -0.2) is 49.7 Å². The smallest absolute Gasteiger partial charge is 0.290 e. The quantitative estimate of drug-likeness (QED) is 0.842. The van der Waals surface area contributed by atoms with E-state index in [9.17, 15) is 4.79 Å². The van der Waals surface area contributed by atoms with Crippen LogP contribution in [0.25, 0.3) is 11.0 Å². The largest absolute Gasteiger partial charge is 0.490 e. The van der Waals surface area contributed by atoms with E-state index in [1.807, 2.05) is 37.8 Å². The van der Waals surface area contributed by atoms with Gasteiger partial charge in [-0.15, -0.1) is 12.4 Å². The van der Waals surface area contributed by atoms with E-state index in [-0.39, 0.29) is 24.4 Å². The van der Waals surface area contributed by atoms with Crippen molar-refractivity contribution in [2.24, 2.45) is 5.92 Å². The number of likely N-dealkylation sites (tertiary alicyclic amines) is 1. The molecule has 2 aromatic rings. The Hall–Kier alpha value is -1.92. The molecule has 148 valence electrons. The molecule has 2 aliphatic heterocycles. The van der Waals surface area contributed by atoms with Crippen molar-refractivity contribution >= 4 is 29.3 Å². The Morgan fingerprint density at radius 3 is 2.78 bits per heavy atom. The van der Waals surface area contributed by atoms with Crippen molar-refractivity contribution < 1.29 is 18.7 Å². The zero-order valence-electron chi connectivity index (χ0n) is 16.0. The van der Waals surface area contributed by atoms with Gasteiger partial charge in [0.25, 0.3) is 5.91 Å². The summed E-state index contributed by atoms with van der Waals surface area (Å²) in [6, 6.07) is 4.11. The van der Waals surface area contributed by atoms with Crippen LogP contribution in [-0.2, 0) is 0 Å². The third kappa shape index (κ3) is 3.25. The standard InChI is InChI=1S/C20H26N2O4.ClH/c1-4-24-16-7-6-14-12(3)17(26-18(14)19(16)25-5-2)20(23)22-9-8-13-10-21-11-15(13)22;/h6-7,13,15,21H,4-5,8-11H2,1-3H3;1H/t13-,15+;/m0./s1. The van der Waals surface area contributed by atoms with E-state index >= 15 is 0 Å². The summed E-state index contributed by atoms with van der Waals surface area (Å²) in [6.45, 7) is 9.51. The van der Waals surface area contributed by atoms with Crippen LogP contribution in [0, 0.1) is 12.8 Å². The molecule has 2 aliphatic rings. The minimum Gasteiger partial charge on any atom is -0.490 e. The minimum atomic E-state index is -0.0182. The van der Waals surface area contributed by atoms with Gasteiger partial charge >= 0.3 is 0 Å². The summed E-state index contributed by atoms with van der Waals surface area (Å²) in [7, 11) is 0. The van der Waals surface area contributed by atoms with Crippen LogP contribution in [0.5, 0.6) is 11.5 Å². The lowest BCUT2D eigenvalue weighted by Gasteiger charge is -2.22. The number of nitrogens with zero attached hydrogens (tertiary/aromatic N) is 1. The van der Waals surface area contributed by atoms with Gasteiger partial charge in [-0.25, -0.2) is 0 Å². The van der Waals surface area contributed by atoms with E-state index in [1.165, 1.54) is 0 Å². The molecule has 2 saturated heterocycles. The van der Waals surface area contributed by atoms with Crippen LogP contribution in [0.3, 0.4) is 0 Å². The highest BCUT2D eigenvalue weighted by atomic mass is 35.5. The molecule has 2 atom stereocenters. The fraction of sp³-hybridized carbons (Fsp3) is 0.550. The predicted molar refractivity (Wildman–Crippen MR) is 106 cm³/mol. The first kappa shape index (κ1) is 19.8. The number of halogens is 1. The Kier molecular flexibility index (Phi) is 5.86. The molecule has 6 nitrogen and oxygen atoms in total. The Labute approximate surface area is 165 Å². The van der Waals surface area contributed by atoms with Crippen molar-refractivity contribution in [3.8, 4) is 11.5 Å². The molecule has 0 spiro atoms. The molecule has 1 amide bonds. The SMILES string of the molecule is CCOc1ccc2c(C)c(C(=O)N3CC[C@H]4CNC[C@H]43)oc2c1OCC.Cl. The van der Waals surface area contributed by atoms with Crippen LogP contribution in [0.4, 0.5) is 0 Å². The minimum absolute atomic E-state index is 0. The summed E-state index contributed by atoms with van der Waals surface area (Å²) in [5, 5.41) is 4.29. The Morgan fingerprint density at radius 1 is 1.26 bits per heavy atom. The molecular weight excluding hydrogens is 368 g/mol. The first-order valence-electron chi connectivity index (χ1n) is 9.49. The second kappa shape index (κ2) is 7.98. The van der Waals surface area contributed by atoms with Crippen LogP contribution >= 0.6 is 12.4 Å². The van der Waals surface area contributed by atoms with Crippen LogP contribution in [0.1, 0.15) is 36.4 Å². The number of carbonyl (C=O) groups is 1. The fourth-order valence-corrected chi connectivity index (χ4v) is 4.23. The molecule has 1 N–H and O–H groups in total. The van der Waals surface area contributed by atoms with Gasteiger partial charge in [0.15, 0.2) is 17.1 Å². The highest BCUT2D eigenvalue weighted by Crippen LogP contribution is 2.40. The lowest BCUT2D eigenvalue weighted by molar-refractivity contribution is 0.0706. The van der Waals surface area contributed by atoms with Gasteiger partial charge in [0.1, 0.15) is 0 Å². The van der Waals surface area contributed by atoms with Crippen molar-refractivity contribution in [1.82, 2.24) is 10.2 Å². The fourth-order valence-electron chi connectivity index (χ4n) is 4.23. The number of hydrogen-bond donors (Lipinski definition) is 1. The van der Waals surface area contributed by atoms with Crippen molar-refractivity contribution in [2.45, 2.75) is 33.2 Å². The highest BCUT2D eigenvalue weighted by molar-refractivity contribution is 6.01. The zero-order chi connectivity index (χ0) is 18.3. The molecule has 4 rings (SSSR count). The molecule has 1 aromatic carbocycles. The highest BCUT2D eigenvalue weighted by Gasteiger charge is 2.41. The van der Waals surface area contributed by atoms with E-state index in [0.717, 1.165) is 37.0 Å². The van der Waals surface area contributed by atoms with Crippen molar-refractivity contribution in [3.63, 3.8) is 0 Å². The second-order valence-electron chi connectivity index (χ2n) is 6.96. The van der Waals surface area contributed by atoms with Crippen molar-refractivity contribution in [2.75, 3.05) is 32.8 Å². The van der Waals surface area contributed by atoms with E-state index in [2.05, 4.69) is 5.32 Å². The van der Waals surface area contributed by atoms with Gasteiger partial charge in [-0.2, -0.15) is 0 Å². The van der Waals surface area contributed by atoms with Crippen molar-refractivity contribution in [1.29, 1.82) is 0 Å². The molecule has 1 aromatic heterocycles. The number of benzene rings is 1. The molecule has 27 heavy (non-hydrogen) atoms. The molecule has 7 heteroatoms. The summed E-state index contributed by atoms with van der Waals surface area (Å²) >= 11 is 0. The van der Waals surface area contributed by atoms with Crippen molar-refractivity contribution in [3.05, 3.63) is 23.5 Å². The number of fused-ring (bicyclic) bond motifs is 2. The summed E-state index contributed by atoms with van der Waals surface area (Å²) in [4.78, 5) is 15.2. The van der Waals surface area contributed by atoms with Gasteiger partial charge in [-0.3, -0.25) is 4.79 Å². The third-order valence-corrected chi connectivity index (χ3v) is 5.51. The first-order valence-corrected chi connectivity index (χ1v) is 9.49. The molecule has 0 bridgehead atoms. The van der Waals surface area contributed by atoms with Gasteiger partial charge in [-0.05, 0) is 45.2 Å². The molecule has 2 fully saturated rings. The average molecular weight is 395 g/mol. The number of hydrogen-bond acceptors (Lipinski definition) is 5. The maximum atomic E-state index is 13.2. The van der Waals surface area contributed by atoms with Gasteiger partial charge in [-0.1, -0.05) is 0 Å². The van der Waals surface area contributed by atoms with E-state index < -0.39 is 0 Å². The number of amides is 1. The van der Waals surface area contributed by atoms with Crippen LogP contribution in [0.2, 0.25) is 0 Å². The normalized spacial score (nSPS) is 21.2. The monoisotopic (exact) mass is 394 g/mol. The van der Waals surface area contributed by atoms with E-state index in [1.54, 1.807) is 0 Å². The van der Waals surface area contributed by atoms with E-state index in [4.69, 9.17) is 13.9 Å². The topological polar surface area (TPSA) is 63.9 Å². The number of ether oxygens (including phenoxy) is 2. The van der Waals surface area contributed by atoms with Gasteiger partial charge in [0.2, 0.25) is 5.75 Å². The second-order valence-corrected chi connectivity index (χ2v) is 6.96. The molecule has 0 aliphatic carbocycles. The van der Waals surface area contributed by atoms with Gasteiger partial charge in [0.05, 0.1) is 13.2 Å². The predicted octanol–water partition coefficient (Wildman–Crippen LogP) is 3.39. The Balaban J connectivity index is 0.00000210. The Bertz CT molecular complexity index is 835. The summed E-state index contributed by atoms with van der Waals surface area (Å²) in [5.74, 6) is 2.19. The number of aryl methyl sites for hydroxylation is 1. The third-order valence-electron chi connectivity index (χ3n) is 5.51. The molecule has 0 saturated carbocycles. The number of furan rings is 1. The number of nitrogens with one attached hydrogen (secondary N) is 1. The molecular formula is C20H27ClN2O4. The summed E-state index contributed by atoms with van der Waals surface area (Å²) < 4.78 is 17.5. The summed E-state index contributed by atoms with van der Waals surface area (Å²) in [5.41, 5.74) is 1.46. The molecule has 0 radical (unpaired) electrons. The number of rotatable bonds is 5. The zero-order valence-corrected chi connectivity index (χ0v) is 16.9. The first-order chi connectivity index (χ1) is 12.7. The van der Waals surface area contributed by atoms with Gasteiger partial charge in [0, 0.05) is 36.6 Å². The maximum absolute atomic E-state index is 13.2. The van der Waals surface area contributed by atoms with Crippen LogP contribution in [0.15, 0.2) is 16.5 Å². The number of carbonyl (C=O) groups excluding carboxylic acids is 1. The van der Waals surface area contributed by atoms with Gasteiger partial charge < -0.3 is 24.1 Å². The average Bonchev–Trinajstić information content (AvgIpc) is 3.31. The lowest BCUT2D eigenvalue weighted by Crippen LogP contribution is -2.39. The van der Waals surface area contributed by atoms with E-state index in [0.29, 0.717) is 42.0 Å². The van der Waals surface area contributed by atoms with Crippen LogP contribution < -0.4 is 14.8 Å². The summed E-state index contributed by atoms with van der Waals surface area (Å²) in [6.07, 6.45) is 1.06. The molecule has 3 heterocycles.